The summed E-state index contributed by atoms with van der Waals surface area (Å²) in [4.78, 5) is 52.0. The van der Waals surface area contributed by atoms with Gasteiger partial charge in [-0.15, -0.1) is 0 Å². The molecule has 1 aliphatic rings. The highest BCUT2D eigenvalue weighted by atomic mass is 16.2. The van der Waals surface area contributed by atoms with Crippen molar-refractivity contribution in [3.63, 3.8) is 0 Å². The number of nitrogens with zero attached hydrogens (tertiary/aromatic N) is 3. The highest BCUT2D eigenvalue weighted by Crippen LogP contribution is 2.28. The highest BCUT2D eigenvalue weighted by Gasteiger charge is 2.36. The van der Waals surface area contributed by atoms with Crippen LogP contribution in [-0.2, 0) is 13.6 Å². The normalized spacial score (nSPS) is 12.6. The molecule has 1 aromatic heterocycles. The zero-order chi connectivity index (χ0) is 25.4. The topological polar surface area (TPSA) is 105 Å². The average Bonchev–Trinajstić information content (AvgIpc) is 3.27. The second kappa shape index (κ2) is 9.03. The lowest BCUT2D eigenvalue weighted by Gasteiger charge is -2.14. The number of para-hydroxylation sites is 1. The number of imide groups is 1. The van der Waals surface area contributed by atoms with Gasteiger partial charge in [-0.05, 0) is 48.9 Å². The SMILES string of the molecule is Cc1c(NC(=O)NCc2ccc(N3C(=O)c4ccccc4C3=O)cc2)c(=O)n(-c2ccccc2)n1C. The average molecular weight is 482 g/mol. The van der Waals surface area contributed by atoms with Crippen molar-refractivity contribution in [3.05, 3.63) is 112 Å². The van der Waals surface area contributed by atoms with E-state index in [-0.39, 0.29) is 29.6 Å². The van der Waals surface area contributed by atoms with Crippen LogP contribution in [0.25, 0.3) is 5.69 Å². The molecule has 4 amide bonds. The number of carbonyl (C=O) groups excluding carboxylic acids is 3. The summed E-state index contributed by atoms with van der Waals surface area (Å²) in [5.41, 5.74) is 3.15. The van der Waals surface area contributed by atoms with Gasteiger partial charge in [-0.1, -0.05) is 42.5 Å². The van der Waals surface area contributed by atoms with Crippen molar-refractivity contribution in [1.82, 2.24) is 14.7 Å². The fourth-order valence-corrected chi connectivity index (χ4v) is 4.24. The molecule has 36 heavy (non-hydrogen) atoms. The van der Waals surface area contributed by atoms with E-state index in [1.165, 1.54) is 4.68 Å². The summed E-state index contributed by atoms with van der Waals surface area (Å²) >= 11 is 0. The molecular weight excluding hydrogens is 458 g/mol. The Hall–Kier alpha value is -4.92. The molecular formula is C27H23N5O4. The number of aromatic nitrogens is 2. The molecule has 2 heterocycles. The molecule has 0 fully saturated rings. The Morgan fingerprint density at radius 3 is 1.97 bits per heavy atom. The third-order valence-electron chi connectivity index (χ3n) is 6.23. The van der Waals surface area contributed by atoms with Crippen LogP contribution in [0.4, 0.5) is 16.2 Å². The van der Waals surface area contributed by atoms with Crippen LogP contribution in [0.3, 0.4) is 0 Å². The van der Waals surface area contributed by atoms with Crippen molar-refractivity contribution in [1.29, 1.82) is 0 Å². The van der Waals surface area contributed by atoms with Gasteiger partial charge < -0.3 is 10.6 Å². The van der Waals surface area contributed by atoms with E-state index in [0.29, 0.717) is 28.2 Å². The molecule has 0 saturated heterocycles. The molecule has 9 nitrogen and oxygen atoms in total. The lowest BCUT2D eigenvalue weighted by atomic mass is 10.1. The van der Waals surface area contributed by atoms with Gasteiger partial charge in [-0.2, -0.15) is 0 Å². The number of fused-ring (bicyclic) bond motifs is 1. The molecule has 180 valence electrons. The fourth-order valence-electron chi connectivity index (χ4n) is 4.24. The Morgan fingerprint density at radius 1 is 0.778 bits per heavy atom. The first kappa shape index (κ1) is 22.9. The summed E-state index contributed by atoms with van der Waals surface area (Å²) in [5, 5.41) is 5.39. The zero-order valence-corrected chi connectivity index (χ0v) is 19.7. The van der Waals surface area contributed by atoms with E-state index in [4.69, 9.17) is 0 Å². The van der Waals surface area contributed by atoms with Crippen molar-refractivity contribution < 1.29 is 14.4 Å². The highest BCUT2D eigenvalue weighted by molar-refractivity contribution is 6.34. The van der Waals surface area contributed by atoms with E-state index in [9.17, 15) is 19.2 Å². The summed E-state index contributed by atoms with van der Waals surface area (Å²) in [6.07, 6.45) is 0. The molecule has 9 heteroatoms. The summed E-state index contributed by atoms with van der Waals surface area (Å²) in [5.74, 6) is -0.722. The quantitative estimate of drug-likeness (QED) is 0.425. The maximum atomic E-state index is 13.0. The lowest BCUT2D eigenvalue weighted by Crippen LogP contribution is -2.31. The second-order valence-corrected chi connectivity index (χ2v) is 8.40. The van der Waals surface area contributed by atoms with Crippen LogP contribution in [0, 0.1) is 6.92 Å². The number of rotatable bonds is 5. The van der Waals surface area contributed by atoms with Crippen LogP contribution in [-0.4, -0.2) is 27.2 Å². The lowest BCUT2D eigenvalue weighted by molar-refractivity contribution is 0.0926. The van der Waals surface area contributed by atoms with Gasteiger partial charge in [0.2, 0.25) is 0 Å². The smallest absolute Gasteiger partial charge is 0.319 e. The number of nitrogens with one attached hydrogen (secondary N) is 2. The maximum absolute atomic E-state index is 13.0. The molecule has 5 rings (SSSR count). The standard InChI is InChI=1S/C27H23N5O4/c1-17-23(26(35)32(30(17)2)20-8-4-3-5-9-20)29-27(36)28-16-18-12-14-19(15-13-18)31-24(33)21-10-6-7-11-22(21)25(31)34/h3-15H,16H2,1-2H3,(H2,28,29,36). The Labute approximate surface area is 206 Å². The molecule has 0 unspecified atom stereocenters. The largest absolute Gasteiger partial charge is 0.334 e. The van der Waals surface area contributed by atoms with Crippen LogP contribution in [0.1, 0.15) is 32.0 Å². The van der Waals surface area contributed by atoms with Gasteiger partial charge in [0, 0.05) is 13.6 Å². The van der Waals surface area contributed by atoms with Crippen molar-refractivity contribution in [2.24, 2.45) is 7.05 Å². The van der Waals surface area contributed by atoms with Crippen LogP contribution >= 0.6 is 0 Å². The van der Waals surface area contributed by atoms with Crippen LogP contribution in [0.5, 0.6) is 0 Å². The molecule has 0 bridgehead atoms. The maximum Gasteiger partial charge on any atom is 0.319 e. The van der Waals surface area contributed by atoms with Gasteiger partial charge in [-0.25, -0.2) is 14.4 Å². The molecule has 0 spiro atoms. The van der Waals surface area contributed by atoms with Gasteiger partial charge in [0.25, 0.3) is 17.4 Å². The summed E-state index contributed by atoms with van der Waals surface area (Å²) in [7, 11) is 1.75. The Kier molecular flexibility index (Phi) is 5.73. The van der Waals surface area contributed by atoms with Crippen molar-refractivity contribution in [2.45, 2.75) is 13.5 Å². The predicted octanol–water partition coefficient (Wildman–Crippen LogP) is 3.61. The minimum absolute atomic E-state index is 0.187. The molecule has 0 radical (unpaired) electrons. The summed E-state index contributed by atoms with van der Waals surface area (Å²) in [6.45, 7) is 1.95. The summed E-state index contributed by atoms with van der Waals surface area (Å²) in [6, 6.07) is 22.2. The van der Waals surface area contributed by atoms with Gasteiger partial charge >= 0.3 is 6.03 Å². The third-order valence-corrected chi connectivity index (χ3v) is 6.23. The molecule has 4 aromatic rings. The van der Waals surface area contributed by atoms with E-state index in [2.05, 4.69) is 10.6 Å². The number of anilines is 2. The van der Waals surface area contributed by atoms with Crippen LogP contribution in [0.15, 0.2) is 83.7 Å². The monoisotopic (exact) mass is 481 g/mol. The Morgan fingerprint density at radius 2 is 1.36 bits per heavy atom. The minimum Gasteiger partial charge on any atom is -0.334 e. The van der Waals surface area contributed by atoms with E-state index in [1.807, 2.05) is 30.3 Å². The Balaban J connectivity index is 1.25. The van der Waals surface area contributed by atoms with E-state index < -0.39 is 6.03 Å². The summed E-state index contributed by atoms with van der Waals surface area (Å²) < 4.78 is 3.17. The number of carbonyl (C=O) groups is 3. The number of benzene rings is 3. The van der Waals surface area contributed by atoms with Gasteiger partial charge in [-0.3, -0.25) is 19.1 Å². The third kappa shape index (κ3) is 3.86. The van der Waals surface area contributed by atoms with Gasteiger partial charge in [0.15, 0.2) is 0 Å². The van der Waals surface area contributed by atoms with Crippen molar-refractivity contribution in [2.75, 3.05) is 10.2 Å². The molecule has 0 aliphatic carbocycles. The first-order valence-electron chi connectivity index (χ1n) is 11.3. The Bertz CT molecular complexity index is 1520. The number of urea groups is 1. The van der Waals surface area contributed by atoms with E-state index >= 15 is 0 Å². The van der Waals surface area contributed by atoms with Crippen LogP contribution in [0.2, 0.25) is 0 Å². The first-order chi connectivity index (χ1) is 17.4. The van der Waals surface area contributed by atoms with E-state index in [1.54, 1.807) is 67.2 Å². The zero-order valence-electron chi connectivity index (χ0n) is 19.7. The van der Waals surface area contributed by atoms with Crippen LogP contribution < -0.4 is 21.1 Å². The van der Waals surface area contributed by atoms with E-state index in [0.717, 1.165) is 10.5 Å². The number of amides is 4. The fraction of sp³-hybridized carbons (Fsp3) is 0.111. The van der Waals surface area contributed by atoms with Gasteiger partial charge in [0.05, 0.1) is 28.2 Å². The molecule has 3 aromatic carbocycles. The van der Waals surface area contributed by atoms with Crippen molar-refractivity contribution >= 4 is 29.2 Å². The predicted molar refractivity (Wildman–Crippen MR) is 136 cm³/mol. The first-order valence-corrected chi connectivity index (χ1v) is 11.3. The van der Waals surface area contributed by atoms with Crippen molar-refractivity contribution in [3.8, 4) is 5.69 Å². The molecule has 2 N–H and O–H groups in total. The number of hydrogen-bond acceptors (Lipinski definition) is 4. The molecule has 0 saturated carbocycles. The number of hydrogen-bond donors (Lipinski definition) is 2. The molecule has 0 atom stereocenters. The minimum atomic E-state index is -0.523. The van der Waals surface area contributed by atoms with Gasteiger partial charge in [0.1, 0.15) is 5.69 Å². The molecule has 1 aliphatic heterocycles. The second-order valence-electron chi connectivity index (χ2n) is 8.40.